The van der Waals surface area contributed by atoms with Crippen LogP contribution in [0, 0.1) is 6.92 Å². The van der Waals surface area contributed by atoms with Crippen molar-refractivity contribution in [1.82, 2.24) is 4.98 Å². The van der Waals surface area contributed by atoms with Crippen molar-refractivity contribution in [2.45, 2.75) is 12.8 Å². The minimum absolute atomic E-state index is 0.397. The molecule has 94 valence electrons. The summed E-state index contributed by atoms with van der Waals surface area (Å²) < 4.78 is 1.29. The maximum atomic E-state index is 4.81. The molecule has 1 unspecified atom stereocenters. The van der Waals surface area contributed by atoms with Crippen LogP contribution in [-0.2, 0) is 0 Å². The van der Waals surface area contributed by atoms with Gasteiger partial charge in [0.05, 0.1) is 16.1 Å². The highest BCUT2D eigenvalue weighted by molar-refractivity contribution is 7.18. The second-order valence-electron chi connectivity index (χ2n) is 5.04. The van der Waals surface area contributed by atoms with Crippen molar-refractivity contribution >= 4 is 27.2 Å². The van der Waals surface area contributed by atoms with Crippen LogP contribution in [0.4, 0.5) is 5.69 Å². The molecule has 2 heterocycles. The van der Waals surface area contributed by atoms with Gasteiger partial charge < -0.3 is 5.32 Å². The highest BCUT2D eigenvalue weighted by Crippen LogP contribution is 2.39. The molecular weight excluding hydrogens is 252 g/mol. The highest BCUT2D eigenvalue weighted by atomic mass is 32.1. The van der Waals surface area contributed by atoms with Gasteiger partial charge in [-0.2, -0.15) is 0 Å². The summed E-state index contributed by atoms with van der Waals surface area (Å²) in [6.07, 6.45) is 0. The van der Waals surface area contributed by atoms with Crippen LogP contribution in [0.25, 0.3) is 10.2 Å². The quantitative estimate of drug-likeness (QED) is 0.715. The number of aryl methyl sites for hydroxylation is 1. The predicted molar refractivity (Wildman–Crippen MR) is 81.1 cm³/mol. The van der Waals surface area contributed by atoms with E-state index in [1.807, 2.05) is 11.3 Å². The van der Waals surface area contributed by atoms with Crippen LogP contribution in [-0.4, -0.2) is 11.5 Å². The van der Waals surface area contributed by atoms with E-state index in [1.165, 1.54) is 26.5 Å². The molecule has 3 heteroatoms. The molecule has 0 saturated carbocycles. The Morgan fingerprint density at radius 1 is 1.21 bits per heavy atom. The number of nitrogens with zero attached hydrogens (tertiary/aromatic N) is 1. The largest absolute Gasteiger partial charge is 0.384 e. The second-order valence-corrected chi connectivity index (χ2v) is 6.11. The van der Waals surface area contributed by atoms with Gasteiger partial charge >= 0.3 is 0 Å². The third kappa shape index (κ3) is 1.73. The van der Waals surface area contributed by atoms with E-state index in [4.69, 9.17) is 4.98 Å². The topological polar surface area (TPSA) is 24.9 Å². The normalized spacial score (nSPS) is 17.4. The molecule has 0 fully saturated rings. The lowest BCUT2D eigenvalue weighted by atomic mass is 10.0. The molecule has 2 aromatic carbocycles. The van der Waals surface area contributed by atoms with E-state index in [1.54, 1.807) is 0 Å². The first kappa shape index (κ1) is 11.0. The van der Waals surface area contributed by atoms with E-state index in [2.05, 4.69) is 54.7 Å². The Kier molecular flexibility index (Phi) is 2.35. The number of hydrogen-bond acceptors (Lipinski definition) is 3. The Hall–Kier alpha value is -1.87. The van der Waals surface area contributed by atoms with Gasteiger partial charge in [-0.15, -0.1) is 11.3 Å². The molecule has 0 radical (unpaired) electrons. The first-order chi connectivity index (χ1) is 9.31. The molecule has 0 aliphatic carbocycles. The lowest BCUT2D eigenvalue weighted by Crippen LogP contribution is -2.02. The molecule has 0 bridgehead atoms. The zero-order valence-corrected chi connectivity index (χ0v) is 11.5. The number of para-hydroxylation sites is 1. The van der Waals surface area contributed by atoms with Gasteiger partial charge in [0.2, 0.25) is 0 Å². The number of thiazole rings is 1. The molecule has 1 N–H and O–H groups in total. The van der Waals surface area contributed by atoms with Crippen molar-refractivity contribution in [2.75, 3.05) is 11.9 Å². The van der Waals surface area contributed by atoms with Crippen molar-refractivity contribution in [2.24, 2.45) is 0 Å². The Balaban J connectivity index is 1.83. The van der Waals surface area contributed by atoms with Crippen LogP contribution in [0.1, 0.15) is 22.1 Å². The number of hydrogen-bond donors (Lipinski definition) is 1. The van der Waals surface area contributed by atoms with Crippen LogP contribution in [0.3, 0.4) is 0 Å². The maximum Gasteiger partial charge on any atom is 0.103 e. The molecule has 0 spiro atoms. The first-order valence-electron chi connectivity index (χ1n) is 6.51. The summed E-state index contributed by atoms with van der Waals surface area (Å²) in [5.41, 5.74) is 5.05. The first-order valence-corrected chi connectivity index (χ1v) is 7.33. The molecule has 1 aromatic heterocycles. The van der Waals surface area contributed by atoms with Crippen LogP contribution < -0.4 is 5.32 Å². The van der Waals surface area contributed by atoms with E-state index in [-0.39, 0.29) is 0 Å². The van der Waals surface area contributed by atoms with Gasteiger partial charge in [0.25, 0.3) is 0 Å². The lowest BCUT2D eigenvalue weighted by Gasteiger charge is -2.05. The fraction of sp³-hybridized carbons (Fsp3) is 0.188. The summed E-state index contributed by atoms with van der Waals surface area (Å²) in [5.74, 6) is 0.397. The number of aromatic nitrogens is 1. The average Bonchev–Trinajstić information content (AvgIpc) is 3.00. The van der Waals surface area contributed by atoms with Gasteiger partial charge in [0.15, 0.2) is 0 Å². The summed E-state index contributed by atoms with van der Waals surface area (Å²) in [5, 5.41) is 4.69. The third-order valence-electron chi connectivity index (χ3n) is 3.69. The fourth-order valence-corrected chi connectivity index (χ4v) is 3.89. The molecule has 4 rings (SSSR count). The van der Waals surface area contributed by atoms with Crippen LogP contribution >= 0.6 is 11.3 Å². The van der Waals surface area contributed by atoms with E-state index in [9.17, 15) is 0 Å². The standard InChI is InChI=1S/C16H14N2S/c1-10-6-7-14-15(8-10)19-16(18-14)12-9-17-13-5-3-2-4-11(12)13/h2-8,12,17H,9H2,1H3. The van der Waals surface area contributed by atoms with Crippen LogP contribution in [0.2, 0.25) is 0 Å². The summed E-state index contributed by atoms with van der Waals surface area (Å²) in [6, 6.07) is 15.0. The minimum atomic E-state index is 0.397. The number of fused-ring (bicyclic) bond motifs is 2. The predicted octanol–water partition coefficient (Wildman–Crippen LogP) is 4.16. The van der Waals surface area contributed by atoms with Gasteiger partial charge in [-0.3, -0.25) is 0 Å². The van der Waals surface area contributed by atoms with Crippen molar-refractivity contribution in [3.8, 4) is 0 Å². The summed E-state index contributed by atoms with van der Waals surface area (Å²) in [7, 11) is 0. The Morgan fingerprint density at radius 3 is 3.05 bits per heavy atom. The average molecular weight is 266 g/mol. The molecule has 0 amide bonds. The fourth-order valence-electron chi connectivity index (χ4n) is 2.70. The number of benzene rings is 2. The highest BCUT2D eigenvalue weighted by Gasteiger charge is 2.25. The second kappa shape index (κ2) is 4.07. The zero-order valence-electron chi connectivity index (χ0n) is 10.7. The SMILES string of the molecule is Cc1ccc2nc(C3CNc4ccccc43)sc2c1. The van der Waals surface area contributed by atoms with Gasteiger partial charge in [0, 0.05) is 12.2 Å². The number of anilines is 1. The van der Waals surface area contributed by atoms with Gasteiger partial charge in [-0.25, -0.2) is 4.98 Å². The van der Waals surface area contributed by atoms with Gasteiger partial charge in [-0.1, -0.05) is 24.3 Å². The van der Waals surface area contributed by atoms with E-state index >= 15 is 0 Å². The Labute approximate surface area is 116 Å². The number of rotatable bonds is 1. The zero-order chi connectivity index (χ0) is 12.8. The molecule has 0 saturated heterocycles. The van der Waals surface area contributed by atoms with Crippen LogP contribution in [0.5, 0.6) is 0 Å². The molecule has 3 aromatic rings. The van der Waals surface area contributed by atoms with E-state index in [0.29, 0.717) is 5.92 Å². The lowest BCUT2D eigenvalue weighted by molar-refractivity contribution is 0.896. The Morgan fingerprint density at radius 2 is 2.11 bits per heavy atom. The molecule has 19 heavy (non-hydrogen) atoms. The molecule has 1 aliphatic rings. The summed E-state index contributed by atoms with van der Waals surface area (Å²) in [4.78, 5) is 4.81. The Bertz CT molecular complexity index is 760. The van der Waals surface area contributed by atoms with Gasteiger partial charge in [0.1, 0.15) is 5.01 Å². The van der Waals surface area contributed by atoms with Crippen molar-refractivity contribution in [3.63, 3.8) is 0 Å². The molecule has 1 aliphatic heterocycles. The van der Waals surface area contributed by atoms with Gasteiger partial charge in [-0.05, 0) is 36.2 Å². The smallest absolute Gasteiger partial charge is 0.103 e. The summed E-state index contributed by atoms with van der Waals surface area (Å²) >= 11 is 1.82. The van der Waals surface area contributed by atoms with Crippen molar-refractivity contribution in [3.05, 3.63) is 58.6 Å². The van der Waals surface area contributed by atoms with Crippen molar-refractivity contribution in [1.29, 1.82) is 0 Å². The molecule has 1 atom stereocenters. The van der Waals surface area contributed by atoms with Crippen LogP contribution in [0.15, 0.2) is 42.5 Å². The maximum absolute atomic E-state index is 4.81. The van der Waals surface area contributed by atoms with E-state index in [0.717, 1.165) is 12.1 Å². The molecule has 2 nitrogen and oxygen atoms in total. The summed E-state index contributed by atoms with van der Waals surface area (Å²) in [6.45, 7) is 3.09. The van der Waals surface area contributed by atoms with E-state index < -0.39 is 0 Å². The monoisotopic (exact) mass is 266 g/mol. The van der Waals surface area contributed by atoms with Crippen molar-refractivity contribution < 1.29 is 0 Å². The third-order valence-corrected chi connectivity index (χ3v) is 4.82. The number of nitrogens with one attached hydrogen (secondary N) is 1. The minimum Gasteiger partial charge on any atom is -0.384 e. The molecular formula is C16H14N2S.